The Morgan fingerprint density at radius 1 is 1.11 bits per heavy atom. The van der Waals surface area contributed by atoms with Gasteiger partial charge in [-0.25, -0.2) is 4.98 Å². The molecule has 0 fully saturated rings. The van der Waals surface area contributed by atoms with E-state index in [2.05, 4.69) is 37.6 Å². The third kappa shape index (κ3) is 6.48. The molecule has 1 unspecified atom stereocenters. The fourth-order valence-electron chi connectivity index (χ4n) is 3.90. The van der Waals surface area contributed by atoms with Crippen LogP contribution in [0.5, 0.6) is 0 Å². The number of nitrogens with one attached hydrogen (secondary N) is 1. The highest BCUT2D eigenvalue weighted by atomic mass is 35.5. The van der Waals surface area contributed by atoms with Crippen LogP contribution in [0.4, 0.5) is 0 Å². The fraction of sp³-hybridized carbons (Fsp3) is 0.179. The number of thioether (sulfide) groups is 1. The second kappa shape index (κ2) is 12.3. The molecule has 0 aliphatic rings. The fourth-order valence-corrected chi connectivity index (χ4v) is 5.83. The van der Waals surface area contributed by atoms with Crippen molar-refractivity contribution in [2.45, 2.75) is 36.7 Å². The minimum absolute atomic E-state index is 0.0457. The largest absolute Gasteiger partial charge is 0.348 e. The first-order valence-electron chi connectivity index (χ1n) is 12.1. The highest BCUT2D eigenvalue weighted by molar-refractivity contribution is 7.98. The Hall–Kier alpha value is -3.53. The van der Waals surface area contributed by atoms with Gasteiger partial charge in [0.05, 0.1) is 11.4 Å². The van der Waals surface area contributed by atoms with Gasteiger partial charge in [0.15, 0.2) is 11.0 Å². The lowest BCUT2D eigenvalue weighted by Gasteiger charge is -2.12. The molecule has 5 aromatic rings. The van der Waals surface area contributed by atoms with Crippen LogP contribution >= 0.6 is 34.7 Å². The number of carbonyl (C=O) groups excluding carboxylic acids is 1. The number of pyridine rings is 1. The zero-order chi connectivity index (χ0) is 26.3. The summed E-state index contributed by atoms with van der Waals surface area (Å²) in [4.78, 5) is 21.6. The highest BCUT2D eigenvalue weighted by Crippen LogP contribution is 2.31. The van der Waals surface area contributed by atoms with E-state index in [1.54, 1.807) is 17.8 Å². The molecule has 0 aliphatic carbocycles. The normalized spacial score (nSPS) is 11.8. The second-order valence-electron chi connectivity index (χ2n) is 8.68. The monoisotopic (exact) mass is 560 g/mol. The quantitative estimate of drug-likeness (QED) is 0.197. The lowest BCUT2D eigenvalue weighted by atomic mass is 10.1. The Kier molecular flexibility index (Phi) is 8.47. The average molecular weight is 561 g/mol. The number of thiazole rings is 1. The van der Waals surface area contributed by atoms with E-state index in [1.165, 1.54) is 28.7 Å². The molecule has 0 aliphatic heterocycles. The first kappa shape index (κ1) is 26.1. The lowest BCUT2D eigenvalue weighted by Crippen LogP contribution is -2.33. The van der Waals surface area contributed by atoms with Crippen LogP contribution in [0.1, 0.15) is 34.4 Å². The van der Waals surface area contributed by atoms with E-state index in [9.17, 15) is 4.79 Å². The van der Waals surface area contributed by atoms with Crippen molar-refractivity contribution < 1.29 is 4.79 Å². The molecular weight excluding hydrogens is 536 g/mol. The van der Waals surface area contributed by atoms with Crippen molar-refractivity contribution in [2.24, 2.45) is 0 Å². The van der Waals surface area contributed by atoms with Crippen molar-refractivity contribution in [2.75, 3.05) is 0 Å². The minimum atomic E-state index is -0.154. The molecule has 1 amide bonds. The number of halogens is 1. The van der Waals surface area contributed by atoms with Crippen LogP contribution in [0.3, 0.4) is 0 Å². The van der Waals surface area contributed by atoms with Crippen LogP contribution in [0, 0.1) is 0 Å². The van der Waals surface area contributed by atoms with Crippen LogP contribution in [0.2, 0.25) is 5.02 Å². The van der Waals surface area contributed by atoms with Crippen LogP contribution in [-0.2, 0) is 12.2 Å². The minimum Gasteiger partial charge on any atom is -0.348 e. The van der Waals surface area contributed by atoms with Crippen molar-refractivity contribution in [3.05, 3.63) is 106 Å². The van der Waals surface area contributed by atoms with E-state index in [0.717, 1.165) is 29.1 Å². The molecule has 0 saturated heterocycles. The van der Waals surface area contributed by atoms with Crippen LogP contribution < -0.4 is 5.32 Å². The molecule has 3 aromatic heterocycles. The number of benzene rings is 2. The van der Waals surface area contributed by atoms with Crippen molar-refractivity contribution >= 4 is 40.6 Å². The summed E-state index contributed by atoms with van der Waals surface area (Å²) >= 11 is 9.25. The van der Waals surface area contributed by atoms with E-state index in [4.69, 9.17) is 11.6 Å². The van der Waals surface area contributed by atoms with E-state index < -0.39 is 0 Å². The molecular formula is C28H25ClN6OS2. The van der Waals surface area contributed by atoms with E-state index in [0.29, 0.717) is 27.5 Å². The summed E-state index contributed by atoms with van der Waals surface area (Å²) in [6.45, 7) is 2.02. The topological polar surface area (TPSA) is 85.6 Å². The number of amides is 1. The Morgan fingerprint density at radius 2 is 1.97 bits per heavy atom. The Labute approximate surface area is 234 Å². The summed E-state index contributed by atoms with van der Waals surface area (Å²) in [5.41, 5.74) is 3.40. The maximum atomic E-state index is 12.8. The Bertz CT molecular complexity index is 1510. The number of hydrogen-bond donors (Lipinski definition) is 1. The summed E-state index contributed by atoms with van der Waals surface area (Å²) in [5.74, 6) is 1.07. The van der Waals surface area contributed by atoms with Crippen LogP contribution in [0.25, 0.3) is 17.1 Å². The molecule has 10 heteroatoms. The lowest BCUT2D eigenvalue weighted by molar-refractivity contribution is 0.0934. The zero-order valence-electron chi connectivity index (χ0n) is 20.6. The molecule has 0 bridgehead atoms. The molecule has 3 heterocycles. The maximum Gasteiger partial charge on any atom is 0.270 e. The molecule has 1 atom stereocenters. The van der Waals surface area contributed by atoms with E-state index in [1.807, 2.05) is 66.1 Å². The summed E-state index contributed by atoms with van der Waals surface area (Å²) in [7, 11) is 0. The summed E-state index contributed by atoms with van der Waals surface area (Å²) < 4.78 is 1.96. The van der Waals surface area contributed by atoms with Crippen molar-refractivity contribution in [1.82, 2.24) is 30.0 Å². The van der Waals surface area contributed by atoms with Crippen molar-refractivity contribution in [3.63, 3.8) is 0 Å². The van der Waals surface area contributed by atoms with Crippen molar-refractivity contribution in [3.8, 4) is 17.1 Å². The molecule has 0 spiro atoms. The number of aryl methyl sites for hydroxylation is 1. The van der Waals surface area contributed by atoms with Gasteiger partial charge in [0.2, 0.25) is 0 Å². The standard InChI is InChI=1S/C28H25ClN6OS2/c1-19(12-13-20-7-3-2-4-8-20)31-27(36)24-17-37-25(32-24)18-38-28-34-33-26(21-9-6-14-30-16-21)35(28)23-11-5-10-22(29)15-23/h2-11,14-17,19H,12-13,18H2,1H3,(H,31,36). The van der Waals surface area contributed by atoms with E-state index >= 15 is 0 Å². The number of nitrogens with zero attached hydrogens (tertiary/aromatic N) is 5. The predicted octanol–water partition coefficient (Wildman–Crippen LogP) is 6.48. The van der Waals surface area contributed by atoms with Gasteiger partial charge >= 0.3 is 0 Å². The second-order valence-corrected chi connectivity index (χ2v) is 11.0. The molecule has 1 N–H and O–H groups in total. The predicted molar refractivity (Wildman–Crippen MR) is 153 cm³/mol. The van der Waals surface area contributed by atoms with Gasteiger partial charge in [0, 0.05) is 34.4 Å². The third-order valence-electron chi connectivity index (χ3n) is 5.81. The summed E-state index contributed by atoms with van der Waals surface area (Å²) in [5, 5.41) is 15.9. The summed E-state index contributed by atoms with van der Waals surface area (Å²) in [6, 6.07) is 21.7. The molecule has 2 aromatic carbocycles. The Morgan fingerprint density at radius 3 is 2.76 bits per heavy atom. The summed E-state index contributed by atoms with van der Waals surface area (Å²) in [6.07, 6.45) is 5.25. The molecule has 0 saturated carbocycles. The molecule has 0 radical (unpaired) electrons. The molecule has 38 heavy (non-hydrogen) atoms. The average Bonchev–Trinajstić information content (AvgIpc) is 3.59. The third-order valence-corrected chi connectivity index (χ3v) is 8.02. The van der Waals surface area contributed by atoms with Gasteiger partial charge in [-0.15, -0.1) is 21.5 Å². The van der Waals surface area contributed by atoms with Gasteiger partial charge < -0.3 is 5.32 Å². The molecule has 5 rings (SSSR count). The SMILES string of the molecule is CC(CCc1ccccc1)NC(=O)c1csc(CSc2nnc(-c3cccnc3)n2-c2cccc(Cl)c2)n1. The number of aromatic nitrogens is 5. The van der Waals surface area contributed by atoms with Crippen molar-refractivity contribution in [1.29, 1.82) is 0 Å². The number of rotatable bonds is 10. The van der Waals surface area contributed by atoms with Gasteiger partial charge in [0.25, 0.3) is 5.91 Å². The van der Waals surface area contributed by atoms with E-state index in [-0.39, 0.29) is 11.9 Å². The highest BCUT2D eigenvalue weighted by Gasteiger charge is 2.18. The van der Waals surface area contributed by atoms with Gasteiger partial charge in [-0.2, -0.15) is 0 Å². The van der Waals surface area contributed by atoms with Crippen LogP contribution in [0.15, 0.2) is 89.7 Å². The zero-order valence-corrected chi connectivity index (χ0v) is 23.0. The van der Waals surface area contributed by atoms with Gasteiger partial charge in [-0.05, 0) is 55.7 Å². The number of carbonyl (C=O) groups is 1. The first-order chi connectivity index (χ1) is 18.6. The van der Waals surface area contributed by atoms with Crippen LogP contribution in [-0.4, -0.2) is 36.7 Å². The first-order valence-corrected chi connectivity index (χ1v) is 14.3. The van der Waals surface area contributed by atoms with Gasteiger partial charge in [0.1, 0.15) is 10.7 Å². The maximum absolute atomic E-state index is 12.8. The van der Waals surface area contributed by atoms with Gasteiger partial charge in [-0.3, -0.25) is 14.3 Å². The molecule has 7 nitrogen and oxygen atoms in total. The number of hydrogen-bond acceptors (Lipinski definition) is 7. The smallest absolute Gasteiger partial charge is 0.270 e. The Balaban J connectivity index is 1.26. The van der Waals surface area contributed by atoms with Gasteiger partial charge in [-0.1, -0.05) is 59.8 Å². The molecule has 192 valence electrons.